The summed E-state index contributed by atoms with van der Waals surface area (Å²) in [7, 11) is 0. The highest BCUT2D eigenvalue weighted by Gasteiger charge is 2.44. The lowest BCUT2D eigenvalue weighted by Crippen LogP contribution is -2.34. The van der Waals surface area contributed by atoms with Crippen molar-refractivity contribution in [3.8, 4) is 0 Å². The van der Waals surface area contributed by atoms with Gasteiger partial charge in [-0.1, -0.05) is 18.2 Å². The maximum absolute atomic E-state index is 12.7. The Kier molecular flexibility index (Phi) is 4.56. The van der Waals surface area contributed by atoms with Gasteiger partial charge in [0.2, 0.25) is 5.91 Å². The first-order chi connectivity index (χ1) is 9.82. The van der Waals surface area contributed by atoms with E-state index < -0.39 is 11.7 Å². The minimum atomic E-state index is -4.36. The van der Waals surface area contributed by atoms with Gasteiger partial charge >= 0.3 is 6.18 Å². The molecule has 3 atom stereocenters. The van der Waals surface area contributed by atoms with Gasteiger partial charge in [-0.25, -0.2) is 0 Å². The zero-order chi connectivity index (χ0) is 15.6. The molecule has 2 rings (SSSR count). The van der Waals surface area contributed by atoms with Crippen molar-refractivity contribution in [2.45, 2.75) is 37.9 Å². The fourth-order valence-electron chi connectivity index (χ4n) is 2.41. The molecule has 116 valence electrons. The molecule has 1 amide bonds. The number of aliphatic hydroxyl groups excluding tert-OH is 1. The Labute approximate surface area is 121 Å². The Hall–Kier alpha value is -1.56. The average molecular weight is 301 g/mol. The number of carbonyl (C=O) groups is 1. The van der Waals surface area contributed by atoms with Crippen LogP contribution in [0, 0.1) is 5.92 Å². The van der Waals surface area contributed by atoms with Crippen molar-refractivity contribution >= 4 is 5.91 Å². The fraction of sp³-hybridized carbons (Fsp3) is 0.533. The molecule has 1 aromatic carbocycles. The molecule has 6 heteroatoms. The molecule has 1 fully saturated rings. The van der Waals surface area contributed by atoms with Gasteiger partial charge in [-0.3, -0.25) is 4.79 Å². The number of benzene rings is 1. The summed E-state index contributed by atoms with van der Waals surface area (Å²) < 4.78 is 38.0. The van der Waals surface area contributed by atoms with E-state index in [1.54, 1.807) is 13.0 Å². The van der Waals surface area contributed by atoms with Crippen LogP contribution >= 0.6 is 0 Å². The van der Waals surface area contributed by atoms with E-state index in [1.165, 1.54) is 6.07 Å². The summed E-state index contributed by atoms with van der Waals surface area (Å²) in [6.45, 7) is 1.78. The number of aliphatic hydroxyl groups is 1. The van der Waals surface area contributed by atoms with Crippen LogP contribution in [-0.4, -0.2) is 23.7 Å². The van der Waals surface area contributed by atoms with Crippen LogP contribution in [0.3, 0.4) is 0 Å². The van der Waals surface area contributed by atoms with Crippen LogP contribution in [0.2, 0.25) is 0 Å². The molecular formula is C15H18F3NO2. The minimum Gasteiger partial charge on any atom is -0.396 e. The van der Waals surface area contributed by atoms with E-state index in [0.29, 0.717) is 18.4 Å². The Morgan fingerprint density at radius 1 is 1.48 bits per heavy atom. The lowest BCUT2D eigenvalue weighted by Gasteiger charge is -2.12. The van der Waals surface area contributed by atoms with Crippen molar-refractivity contribution in [3.63, 3.8) is 0 Å². The zero-order valence-corrected chi connectivity index (χ0v) is 11.7. The van der Waals surface area contributed by atoms with Gasteiger partial charge in [-0.05, 0) is 37.3 Å². The van der Waals surface area contributed by atoms with Crippen molar-refractivity contribution in [1.82, 2.24) is 5.32 Å². The van der Waals surface area contributed by atoms with Crippen LogP contribution in [-0.2, 0) is 11.0 Å². The Morgan fingerprint density at radius 3 is 2.81 bits per heavy atom. The molecule has 1 saturated carbocycles. The van der Waals surface area contributed by atoms with Gasteiger partial charge < -0.3 is 10.4 Å². The van der Waals surface area contributed by atoms with Crippen LogP contribution in [0.1, 0.15) is 36.8 Å². The Bertz CT molecular complexity index is 516. The van der Waals surface area contributed by atoms with Gasteiger partial charge in [0.25, 0.3) is 0 Å². The number of amides is 1. The summed E-state index contributed by atoms with van der Waals surface area (Å²) in [6, 6.07) is 5.02. The van der Waals surface area contributed by atoms with Crippen molar-refractivity contribution in [1.29, 1.82) is 0 Å². The number of halogens is 3. The highest BCUT2D eigenvalue weighted by molar-refractivity contribution is 5.83. The summed E-state index contributed by atoms with van der Waals surface area (Å²) in [4.78, 5) is 11.9. The molecule has 1 aliphatic rings. The molecule has 0 heterocycles. The molecule has 0 aromatic heterocycles. The number of carbonyl (C=O) groups excluding carboxylic acids is 1. The summed E-state index contributed by atoms with van der Waals surface area (Å²) in [5.74, 6) is -0.568. The van der Waals surface area contributed by atoms with Gasteiger partial charge in [0.15, 0.2) is 0 Å². The Morgan fingerprint density at radius 2 is 2.19 bits per heavy atom. The third-order valence-corrected chi connectivity index (χ3v) is 3.72. The van der Waals surface area contributed by atoms with Crippen molar-refractivity contribution < 1.29 is 23.1 Å². The monoisotopic (exact) mass is 301 g/mol. The number of rotatable bonds is 5. The number of alkyl halides is 3. The Balaban J connectivity index is 1.98. The van der Waals surface area contributed by atoms with Gasteiger partial charge in [0.1, 0.15) is 0 Å². The third-order valence-electron chi connectivity index (χ3n) is 3.72. The normalized spacial score (nSPS) is 22.7. The lowest BCUT2D eigenvalue weighted by molar-refractivity contribution is -0.137. The smallest absolute Gasteiger partial charge is 0.396 e. The van der Waals surface area contributed by atoms with Gasteiger partial charge in [-0.15, -0.1) is 0 Å². The van der Waals surface area contributed by atoms with E-state index in [-0.39, 0.29) is 30.4 Å². The quantitative estimate of drug-likeness (QED) is 0.878. The molecule has 0 radical (unpaired) electrons. The van der Waals surface area contributed by atoms with Crippen molar-refractivity contribution in [2.24, 2.45) is 5.92 Å². The highest BCUT2D eigenvalue weighted by atomic mass is 19.4. The minimum absolute atomic E-state index is 0.0107. The van der Waals surface area contributed by atoms with Gasteiger partial charge in [0, 0.05) is 18.6 Å². The van der Waals surface area contributed by atoms with E-state index in [1.807, 2.05) is 0 Å². The predicted octanol–water partition coefficient (Wildman–Crippen LogP) is 2.70. The third kappa shape index (κ3) is 3.97. The molecule has 1 aromatic rings. The summed E-state index contributed by atoms with van der Waals surface area (Å²) in [5.41, 5.74) is -0.125. The predicted molar refractivity (Wildman–Crippen MR) is 71.6 cm³/mol. The van der Waals surface area contributed by atoms with E-state index in [4.69, 9.17) is 5.11 Å². The molecule has 0 bridgehead atoms. The van der Waals surface area contributed by atoms with E-state index >= 15 is 0 Å². The zero-order valence-electron chi connectivity index (χ0n) is 11.7. The molecular weight excluding hydrogens is 283 g/mol. The molecule has 1 aliphatic carbocycles. The average Bonchev–Trinajstić information content (AvgIpc) is 3.18. The van der Waals surface area contributed by atoms with Crippen LogP contribution in [0.4, 0.5) is 13.2 Å². The molecule has 2 unspecified atom stereocenters. The van der Waals surface area contributed by atoms with E-state index in [9.17, 15) is 18.0 Å². The van der Waals surface area contributed by atoms with Crippen molar-refractivity contribution in [2.75, 3.05) is 6.61 Å². The molecule has 21 heavy (non-hydrogen) atoms. The first-order valence-corrected chi connectivity index (χ1v) is 6.91. The van der Waals surface area contributed by atoms with Crippen LogP contribution < -0.4 is 5.32 Å². The lowest BCUT2D eigenvalue weighted by atomic mass is 10.1. The summed E-state index contributed by atoms with van der Waals surface area (Å²) in [5, 5.41) is 11.5. The largest absolute Gasteiger partial charge is 0.416 e. The SMILES string of the molecule is C[C@H](CCO)NC(=O)C1CC1c1cccc(C(F)(F)F)c1. The van der Waals surface area contributed by atoms with Crippen LogP contribution in [0.25, 0.3) is 0 Å². The van der Waals surface area contributed by atoms with Crippen LogP contribution in [0.5, 0.6) is 0 Å². The van der Waals surface area contributed by atoms with Crippen LogP contribution in [0.15, 0.2) is 24.3 Å². The molecule has 0 saturated heterocycles. The topological polar surface area (TPSA) is 49.3 Å². The maximum Gasteiger partial charge on any atom is 0.416 e. The number of hydrogen-bond acceptors (Lipinski definition) is 2. The second kappa shape index (κ2) is 6.05. The maximum atomic E-state index is 12.7. The van der Waals surface area contributed by atoms with E-state index in [0.717, 1.165) is 12.1 Å². The number of nitrogens with one attached hydrogen (secondary N) is 1. The number of hydrogen-bond donors (Lipinski definition) is 2. The highest BCUT2D eigenvalue weighted by Crippen LogP contribution is 2.48. The standard InChI is InChI=1S/C15H18F3NO2/c1-9(5-6-20)19-14(21)13-8-12(13)10-3-2-4-11(7-10)15(16,17)18/h2-4,7,9,12-13,20H,5-6,8H2,1H3,(H,19,21)/t9-,12?,13?/m1/s1. The van der Waals surface area contributed by atoms with Crippen molar-refractivity contribution in [3.05, 3.63) is 35.4 Å². The molecule has 3 nitrogen and oxygen atoms in total. The summed E-state index contributed by atoms with van der Waals surface area (Å²) >= 11 is 0. The fourth-order valence-corrected chi connectivity index (χ4v) is 2.41. The summed E-state index contributed by atoms with van der Waals surface area (Å²) in [6.07, 6.45) is -3.33. The second-order valence-corrected chi connectivity index (χ2v) is 5.49. The van der Waals surface area contributed by atoms with E-state index in [2.05, 4.69) is 5.32 Å². The first kappa shape index (κ1) is 15.8. The van der Waals surface area contributed by atoms with Gasteiger partial charge in [-0.2, -0.15) is 13.2 Å². The van der Waals surface area contributed by atoms with Gasteiger partial charge in [0.05, 0.1) is 5.56 Å². The second-order valence-electron chi connectivity index (χ2n) is 5.49. The first-order valence-electron chi connectivity index (χ1n) is 6.91. The molecule has 2 N–H and O–H groups in total. The molecule has 0 spiro atoms. The molecule has 0 aliphatic heterocycles.